The van der Waals surface area contributed by atoms with E-state index < -0.39 is 11.6 Å². The minimum Gasteiger partial charge on any atom is -0.394 e. The van der Waals surface area contributed by atoms with E-state index in [-0.39, 0.29) is 18.8 Å². The van der Waals surface area contributed by atoms with E-state index in [0.717, 1.165) is 0 Å². The summed E-state index contributed by atoms with van der Waals surface area (Å²) in [4.78, 5) is 0. The van der Waals surface area contributed by atoms with Crippen LogP contribution in [0.15, 0.2) is 48.5 Å². The van der Waals surface area contributed by atoms with Crippen molar-refractivity contribution in [3.63, 3.8) is 0 Å². The highest BCUT2D eigenvalue weighted by atomic mass is 35.5. The lowest BCUT2D eigenvalue weighted by molar-refractivity contribution is -0.145. The molecule has 2 saturated heterocycles. The van der Waals surface area contributed by atoms with Crippen molar-refractivity contribution in [3.05, 3.63) is 70.8 Å². The van der Waals surface area contributed by atoms with E-state index in [2.05, 4.69) is 50.2 Å². The quantitative estimate of drug-likeness (QED) is 0.518. The van der Waals surface area contributed by atoms with Crippen LogP contribution in [0.25, 0.3) is 0 Å². The largest absolute Gasteiger partial charge is 0.394 e. The summed E-state index contributed by atoms with van der Waals surface area (Å²) in [5, 5.41) is 8.59. The Morgan fingerprint density at radius 2 is 1.26 bits per heavy atom. The molecule has 6 nitrogen and oxygen atoms in total. The van der Waals surface area contributed by atoms with Crippen LogP contribution < -0.4 is 0 Å². The van der Waals surface area contributed by atoms with Gasteiger partial charge in [0.1, 0.15) is 12.2 Å². The minimum absolute atomic E-state index is 0.0451. The molecule has 2 atom stereocenters. The SMILES string of the molecule is CC1(C)OCC(CO)O1.Cc1ccc(CCl)cc1.Cc1ccc(COCC2COC(C)(C)O2)cc1. The van der Waals surface area contributed by atoms with Crippen LogP contribution in [0, 0.1) is 13.8 Å². The summed E-state index contributed by atoms with van der Waals surface area (Å²) >= 11 is 5.58. The van der Waals surface area contributed by atoms with E-state index >= 15 is 0 Å². The van der Waals surface area contributed by atoms with Crippen molar-refractivity contribution in [2.75, 3.05) is 26.4 Å². The lowest BCUT2D eigenvalue weighted by Crippen LogP contribution is -2.24. The van der Waals surface area contributed by atoms with E-state index in [1.165, 1.54) is 22.3 Å². The molecule has 4 rings (SSSR count). The van der Waals surface area contributed by atoms with Gasteiger partial charge in [0, 0.05) is 5.88 Å². The Bertz CT molecular complexity index is 851. The molecule has 196 valence electrons. The van der Waals surface area contributed by atoms with Gasteiger partial charge in [-0.2, -0.15) is 0 Å². The second kappa shape index (κ2) is 14.3. The Balaban J connectivity index is 0.000000203. The molecule has 2 unspecified atom stereocenters. The third-order valence-electron chi connectivity index (χ3n) is 5.31. The van der Waals surface area contributed by atoms with Crippen LogP contribution in [-0.2, 0) is 36.2 Å². The highest BCUT2D eigenvalue weighted by Crippen LogP contribution is 2.23. The van der Waals surface area contributed by atoms with Gasteiger partial charge in [0.2, 0.25) is 0 Å². The van der Waals surface area contributed by atoms with Gasteiger partial charge in [0.15, 0.2) is 11.6 Å². The third kappa shape index (κ3) is 11.8. The first-order valence-electron chi connectivity index (χ1n) is 12.0. The Kier molecular flexibility index (Phi) is 12.1. The van der Waals surface area contributed by atoms with Crippen LogP contribution in [-0.4, -0.2) is 55.3 Å². The number of ether oxygens (including phenoxy) is 5. The Morgan fingerprint density at radius 3 is 1.63 bits per heavy atom. The fourth-order valence-corrected chi connectivity index (χ4v) is 3.55. The normalized spacial score (nSPS) is 22.1. The number of aliphatic hydroxyl groups is 1. The molecule has 2 aromatic carbocycles. The Morgan fingerprint density at radius 1 is 0.800 bits per heavy atom. The number of benzene rings is 2. The molecule has 2 aromatic rings. The molecule has 0 aliphatic carbocycles. The van der Waals surface area contributed by atoms with Crippen LogP contribution in [0.3, 0.4) is 0 Å². The molecule has 1 N–H and O–H groups in total. The van der Waals surface area contributed by atoms with Crippen LogP contribution in [0.5, 0.6) is 0 Å². The number of aryl methyl sites for hydroxylation is 2. The monoisotopic (exact) mass is 508 g/mol. The summed E-state index contributed by atoms with van der Waals surface area (Å²) in [7, 11) is 0. The third-order valence-corrected chi connectivity index (χ3v) is 5.61. The van der Waals surface area contributed by atoms with Gasteiger partial charge in [0.05, 0.1) is 33.0 Å². The summed E-state index contributed by atoms with van der Waals surface area (Å²) in [5.41, 5.74) is 4.92. The van der Waals surface area contributed by atoms with Gasteiger partial charge in [-0.1, -0.05) is 59.7 Å². The smallest absolute Gasteiger partial charge is 0.163 e. The Labute approximate surface area is 215 Å². The van der Waals surface area contributed by atoms with Gasteiger partial charge in [-0.25, -0.2) is 0 Å². The standard InChI is InChI=1S/C14H20O3.C8H9Cl.C6H12O3/c1-11-4-6-12(7-5-11)8-15-9-13-10-16-14(2,3)17-13;1-7-2-4-8(6-9)5-3-7;1-6(2)8-4-5(3-7)9-6/h4-7,13H,8-10H2,1-3H3;2-5H,6H2,1H3;5,7H,3-4H2,1-2H3. The van der Waals surface area contributed by atoms with Crippen molar-refractivity contribution in [2.45, 2.75) is 77.8 Å². The fourth-order valence-electron chi connectivity index (χ4n) is 3.37. The predicted octanol–water partition coefficient (Wildman–Crippen LogP) is 5.53. The molecule has 0 spiro atoms. The van der Waals surface area contributed by atoms with Crippen LogP contribution in [0.1, 0.15) is 49.9 Å². The highest BCUT2D eigenvalue weighted by Gasteiger charge is 2.33. The van der Waals surface area contributed by atoms with Crippen molar-refractivity contribution in [2.24, 2.45) is 0 Å². The number of halogens is 1. The minimum atomic E-state index is -0.493. The fraction of sp³-hybridized carbons (Fsp3) is 0.571. The molecule has 2 fully saturated rings. The number of alkyl halides is 1. The van der Waals surface area contributed by atoms with Gasteiger partial charge < -0.3 is 28.8 Å². The molecular formula is C28H41ClO6. The molecule has 0 radical (unpaired) electrons. The van der Waals surface area contributed by atoms with Crippen molar-refractivity contribution in [3.8, 4) is 0 Å². The number of hydrogen-bond donors (Lipinski definition) is 1. The number of hydrogen-bond acceptors (Lipinski definition) is 6. The first-order valence-corrected chi connectivity index (χ1v) is 12.5. The van der Waals surface area contributed by atoms with Gasteiger partial charge in [-0.05, 0) is 52.7 Å². The van der Waals surface area contributed by atoms with Gasteiger partial charge in [-0.3, -0.25) is 0 Å². The van der Waals surface area contributed by atoms with Crippen LogP contribution >= 0.6 is 11.6 Å². The average Bonchev–Trinajstić information content (AvgIpc) is 3.36. The highest BCUT2D eigenvalue weighted by molar-refractivity contribution is 6.17. The molecule has 0 saturated carbocycles. The molecule has 35 heavy (non-hydrogen) atoms. The van der Waals surface area contributed by atoms with E-state index in [1.807, 2.05) is 39.8 Å². The lowest BCUT2D eigenvalue weighted by Gasteiger charge is -2.17. The molecule has 0 amide bonds. The van der Waals surface area contributed by atoms with Crippen molar-refractivity contribution in [1.29, 1.82) is 0 Å². The van der Waals surface area contributed by atoms with E-state index in [1.54, 1.807) is 0 Å². The predicted molar refractivity (Wildman–Crippen MR) is 138 cm³/mol. The van der Waals surface area contributed by atoms with E-state index in [4.69, 9.17) is 40.4 Å². The lowest BCUT2D eigenvalue weighted by atomic mass is 10.2. The maximum Gasteiger partial charge on any atom is 0.163 e. The second-order valence-corrected chi connectivity index (χ2v) is 9.97. The summed E-state index contributed by atoms with van der Waals surface area (Å²) in [5.74, 6) is -0.342. The van der Waals surface area contributed by atoms with E-state index in [0.29, 0.717) is 32.3 Å². The summed E-state index contributed by atoms with van der Waals surface area (Å²) in [6, 6.07) is 16.6. The molecule has 7 heteroatoms. The maximum atomic E-state index is 8.59. The summed E-state index contributed by atoms with van der Waals surface area (Å²) < 4.78 is 27.1. The van der Waals surface area contributed by atoms with Gasteiger partial charge >= 0.3 is 0 Å². The molecule has 2 aliphatic heterocycles. The Hall–Kier alpha value is -1.51. The molecule has 2 aliphatic rings. The zero-order chi connectivity index (χ0) is 25.9. The number of rotatable bonds is 6. The first-order chi connectivity index (χ1) is 16.5. The zero-order valence-corrected chi connectivity index (χ0v) is 22.6. The van der Waals surface area contributed by atoms with Crippen LogP contribution in [0.2, 0.25) is 0 Å². The summed E-state index contributed by atoms with van der Waals surface area (Å²) in [6.07, 6.45) is -0.0737. The van der Waals surface area contributed by atoms with Crippen molar-refractivity contribution >= 4 is 11.6 Å². The van der Waals surface area contributed by atoms with Crippen molar-refractivity contribution < 1.29 is 28.8 Å². The molecule has 0 bridgehead atoms. The second-order valence-electron chi connectivity index (χ2n) is 9.70. The molecule has 2 heterocycles. The van der Waals surface area contributed by atoms with Gasteiger partial charge in [0.25, 0.3) is 0 Å². The van der Waals surface area contributed by atoms with Gasteiger partial charge in [-0.15, -0.1) is 11.6 Å². The average molecular weight is 509 g/mol. The first kappa shape index (κ1) is 29.7. The molecule has 0 aromatic heterocycles. The summed E-state index contributed by atoms with van der Waals surface area (Å²) in [6.45, 7) is 14.0. The topological polar surface area (TPSA) is 66.4 Å². The van der Waals surface area contributed by atoms with Crippen LogP contribution in [0.4, 0.5) is 0 Å². The van der Waals surface area contributed by atoms with Crippen molar-refractivity contribution in [1.82, 2.24) is 0 Å². The maximum absolute atomic E-state index is 8.59. The molecular weight excluding hydrogens is 468 g/mol. The zero-order valence-electron chi connectivity index (χ0n) is 21.9. The van der Waals surface area contributed by atoms with E-state index in [9.17, 15) is 0 Å². The number of aliphatic hydroxyl groups excluding tert-OH is 1.